The van der Waals surface area contributed by atoms with E-state index in [4.69, 9.17) is 0 Å². The second kappa shape index (κ2) is 7.47. The quantitative estimate of drug-likeness (QED) is 0.509. The summed E-state index contributed by atoms with van der Waals surface area (Å²) in [7, 11) is 0. The van der Waals surface area contributed by atoms with Gasteiger partial charge in [0, 0.05) is 30.9 Å². The average molecular weight is 458 g/mol. The zero-order valence-electron chi connectivity index (χ0n) is 18.3. The Kier molecular flexibility index (Phi) is 4.51. The van der Waals surface area contributed by atoms with E-state index in [-0.39, 0.29) is 34.4 Å². The summed E-state index contributed by atoms with van der Waals surface area (Å²) in [6, 6.07) is 4.42. The van der Waals surface area contributed by atoms with Gasteiger partial charge >= 0.3 is 0 Å². The van der Waals surface area contributed by atoms with Crippen LogP contribution >= 0.6 is 0 Å². The summed E-state index contributed by atoms with van der Waals surface area (Å²) in [6.07, 6.45) is 8.67. The van der Waals surface area contributed by atoms with Crippen LogP contribution in [0.4, 0.5) is 0 Å². The molecule has 1 saturated heterocycles. The summed E-state index contributed by atoms with van der Waals surface area (Å²) in [5.41, 5.74) is 2.55. The number of nitrogens with zero attached hydrogens (tertiary/aromatic N) is 3. The largest absolute Gasteiger partial charge is 0.350 e. The van der Waals surface area contributed by atoms with E-state index in [2.05, 4.69) is 25.6 Å². The number of aromatic nitrogens is 3. The predicted octanol–water partition coefficient (Wildman–Crippen LogP) is 1.66. The van der Waals surface area contributed by atoms with Crippen LogP contribution in [0.5, 0.6) is 0 Å². The topological polar surface area (TPSA) is 137 Å². The van der Waals surface area contributed by atoms with E-state index in [9.17, 15) is 19.2 Å². The Morgan fingerprint density at radius 3 is 2.76 bits per heavy atom. The van der Waals surface area contributed by atoms with E-state index in [0.29, 0.717) is 35.2 Å². The lowest BCUT2D eigenvalue weighted by molar-refractivity contribution is 0.0686. The molecule has 3 aromatic rings. The Morgan fingerprint density at radius 2 is 1.97 bits per heavy atom. The summed E-state index contributed by atoms with van der Waals surface area (Å²) >= 11 is 0. The molecule has 4 heterocycles. The molecular weight excluding hydrogens is 436 g/mol. The molecule has 1 atom stereocenters. The van der Waals surface area contributed by atoms with Crippen molar-refractivity contribution in [3.63, 3.8) is 0 Å². The normalized spacial score (nSPS) is 20.4. The van der Waals surface area contributed by atoms with Crippen molar-refractivity contribution in [2.45, 2.75) is 31.7 Å². The van der Waals surface area contributed by atoms with Crippen LogP contribution in [0, 0.1) is 5.41 Å². The van der Waals surface area contributed by atoms with E-state index in [1.54, 1.807) is 12.3 Å². The maximum Gasteiger partial charge on any atom is 0.258 e. The first kappa shape index (κ1) is 20.5. The lowest BCUT2D eigenvalue weighted by atomic mass is 9.67. The van der Waals surface area contributed by atoms with E-state index in [1.807, 2.05) is 4.90 Å². The number of likely N-dealkylation sites (tertiary alicyclic amines) is 1. The van der Waals surface area contributed by atoms with Gasteiger partial charge in [0.05, 0.1) is 34.7 Å². The zero-order valence-corrected chi connectivity index (χ0v) is 18.3. The Bertz CT molecular complexity index is 1370. The lowest BCUT2D eigenvalue weighted by Crippen LogP contribution is -2.43. The number of hydrogen-bond donors (Lipinski definition) is 3. The van der Waals surface area contributed by atoms with Crippen LogP contribution in [-0.2, 0) is 0 Å². The Morgan fingerprint density at radius 1 is 1.15 bits per heavy atom. The number of amides is 4. The van der Waals surface area contributed by atoms with Crippen LogP contribution in [0.2, 0.25) is 0 Å². The fraction of sp³-hybridized carbons (Fsp3) is 0.333. The third kappa shape index (κ3) is 3.17. The maximum absolute atomic E-state index is 13.5. The SMILES string of the molecule is O=C1NC(=O)c2cc(C(=O)N3CC4(CCC4)CC3CNC(=O)c3cncc4[nH]cnc34)ccc21. The first-order valence-electron chi connectivity index (χ1n) is 11.3. The van der Waals surface area contributed by atoms with Crippen molar-refractivity contribution >= 4 is 34.7 Å². The smallest absolute Gasteiger partial charge is 0.258 e. The van der Waals surface area contributed by atoms with Crippen LogP contribution in [0.15, 0.2) is 36.9 Å². The number of nitrogens with one attached hydrogen (secondary N) is 3. The molecule has 1 unspecified atom stereocenters. The Labute approximate surface area is 194 Å². The number of imide groups is 1. The first-order chi connectivity index (χ1) is 16.4. The highest BCUT2D eigenvalue weighted by Gasteiger charge is 2.49. The number of H-pyrrole nitrogens is 1. The molecule has 0 bridgehead atoms. The number of rotatable bonds is 4. The summed E-state index contributed by atoms with van der Waals surface area (Å²) in [6.45, 7) is 0.919. The summed E-state index contributed by atoms with van der Waals surface area (Å²) in [5, 5.41) is 5.22. The summed E-state index contributed by atoms with van der Waals surface area (Å²) in [5.74, 6) is -1.43. The summed E-state index contributed by atoms with van der Waals surface area (Å²) < 4.78 is 0. The third-order valence-corrected chi connectivity index (χ3v) is 7.35. The van der Waals surface area contributed by atoms with Gasteiger partial charge < -0.3 is 15.2 Å². The number of carbonyl (C=O) groups is 4. The molecular formula is C24H22N6O4. The van der Waals surface area contributed by atoms with Gasteiger partial charge in [-0.05, 0) is 42.9 Å². The van der Waals surface area contributed by atoms with Crippen molar-refractivity contribution in [2.75, 3.05) is 13.1 Å². The molecule has 10 heteroatoms. The number of imidazole rings is 1. The van der Waals surface area contributed by atoms with Crippen LogP contribution in [0.3, 0.4) is 0 Å². The fourth-order valence-corrected chi connectivity index (χ4v) is 5.43. The monoisotopic (exact) mass is 458 g/mol. The number of fused-ring (bicyclic) bond motifs is 2. The van der Waals surface area contributed by atoms with Gasteiger partial charge in [-0.25, -0.2) is 4.98 Å². The van der Waals surface area contributed by atoms with Gasteiger partial charge in [-0.3, -0.25) is 29.5 Å². The number of aromatic amines is 1. The standard InChI is InChI=1S/C24H22N6O4/c31-20(17-9-25-10-18-19(17)28-12-27-18)26-8-14-7-24(4-1-5-24)11-30(14)23(34)13-2-3-15-16(6-13)22(33)29-21(15)32/h2-3,6,9-10,12,14H,1,4-5,7-8,11H2,(H,26,31)(H,27,28)(H,29,32,33). The van der Waals surface area contributed by atoms with Gasteiger partial charge in [-0.15, -0.1) is 0 Å². The molecule has 4 amide bonds. The molecule has 172 valence electrons. The molecule has 2 aromatic heterocycles. The molecule has 10 nitrogen and oxygen atoms in total. The van der Waals surface area contributed by atoms with E-state index in [1.165, 1.54) is 24.7 Å². The van der Waals surface area contributed by atoms with Crippen LogP contribution < -0.4 is 10.6 Å². The van der Waals surface area contributed by atoms with Gasteiger partial charge in [0.25, 0.3) is 23.6 Å². The van der Waals surface area contributed by atoms with Crippen molar-refractivity contribution in [1.82, 2.24) is 30.5 Å². The van der Waals surface area contributed by atoms with E-state index < -0.39 is 11.8 Å². The first-order valence-corrected chi connectivity index (χ1v) is 11.3. The van der Waals surface area contributed by atoms with Gasteiger partial charge in [-0.2, -0.15) is 0 Å². The van der Waals surface area contributed by atoms with Crippen molar-refractivity contribution in [3.8, 4) is 0 Å². The second-order valence-corrected chi connectivity index (χ2v) is 9.38. The zero-order chi connectivity index (χ0) is 23.4. The fourth-order valence-electron chi connectivity index (χ4n) is 5.43. The second-order valence-electron chi connectivity index (χ2n) is 9.38. The minimum absolute atomic E-state index is 0.0822. The Balaban J connectivity index is 1.23. The van der Waals surface area contributed by atoms with Gasteiger partial charge in [0.2, 0.25) is 0 Å². The molecule has 34 heavy (non-hydrogen) atoms. The Hall–Kier alpha value is -4.08. The molecule has 6 rings (SSSR count). The van der Waals surface area contributed by atoms with Crippen molar-refractivity contribution in [2.24, 2.45) is 5.41 Å². The van der Waals surface area contributed by atoms with Gasteiger partial charge in [-0.1, -0.05) is 6.42 Å². The molecule has 1 aliphatic carbocycles. The lowest BCUT2D eigenvalue weighted by Gasteiger charge is -2.37. The van der Waals surface area contributed by atoms with Crippen LogP contribution in [0.25, 0.3) is 11.0 Å². The van der Waals surface area contributed by atoms with Crippen LogP contribution in [-0.4, -0.2) is 62.6 Å². The maximum atomic E-state index is 13.5. The molecule has 1 spiro atoms. The highest BCUT2D eigenvalue weighted by atomic mass is 16.2. The average Bonchev–Trinajstić information content (AvgIpc) is 3.52. The number of carbonyl (C=O) groups excluding carboxylic acids is 4. The summed E-state index contributed by atoms with van der Waals surface area (Å²) in [4.78, 5) is 63.4. The number of hydrogen-bond acceptors (Lipinski definition) is 6. The highest BCUT2D eigenvalue weighted by molar-refractivity contribution is 6.22. The minimum Gasteiger partial charge on any atom is -0.350 e. The van der Waals surface area contributed by atoms with E-state index in [0.717, 1.165) is 25.7 Å². The third-order valence-electron chi connectivity index (χ3n) is 7.35. The predicted molar refractivity (Wildman–Crippen MR) is 120 cm³/mol. The minimum atomic E-state index is -0.489. The van der Waals surface area contributed by atoms with Crippen molar-refractivity contribution in [3.05, 3.63) is 59.2 Å². The van der Waals surface area contributed by atoms with Crippen LogP contribution in [0.1, 0.15) is 67.1 Å². The van der Waals surface area contributed by atoms with Gasteiger partial charge in [0.1, 0.15) is 5.52 Å². The number of pyridine rings is 1. The van der Waals surface area contributed by atoms with Gasteiger partial charge in [0.15, 0.2) is 0 Å². The number of benzene rings is 1. The molecule has 0 radical (unpaired) electrons. The van der Waals surface area contributed by atoms with Crippen molar-refractivity contribution < 1.29 is 19.2 Å². The van der Waals surface area contributed by atoms with Crippen molar-refractivity contribution in [1.29, 1.82) is 0 Å². The molecule has 2 fully saturated rings. The molecule has 1 saturated carbocycles. The highest BCUT2D eigenvalue weighted by Crippen LogP contribution is 2.50. The van der Waals surface area contributed by atoms with E-state index >= 15 is 0 Å². The molecule has 3 N–H and O–H groups in total. The molecule has 3 aliphatic rings. The molecule has 1 aromatic carbocycles. The molecule has 2 aliphatic heterocycles.